The van der Waals surface area contributed by atoms with Gasteiger partial charge in [-0.15, -0.1) is 11.3 Å². The molecule has 3 rings (SSSR count). The Labute approximate surface area is 133 Å². The maximum Gasteiger partial charge on any atom is 0.265 e. The van der Waals surface area contributed by atoms with Crippen LogP contribution in [0, 0.1) is 0 Å². The molecule has 0 radical (unpaired) electrons. The summed E-state index contributed by atoms with van der Waals surface area (Å²) in [6.07, 6.45) is 5.29. The molecule has 1 fully saturated rings. The summed E-state index contributed by atoms with van der Waals surface area (Å²) in [5.41, 5.74) is 0.573. The zero-order valence-electron chi connectivity index (χ0n) is 11.0. The third kappa shape index (κ3) is 3.92. The van der Waals surface area contributed by atoms with Crippen molar-refractivity contribution in [2.45, 2.75) is 25.4 Å². The van der Waals surface area contributed by atoms with E-state index in [2.05, 4.69) is 31.7 Å². The largest absolute Gasteiger partial charge is 0.352 e. The lowest BCUT2D eigenvalue weighted by atomic mass is 10.4. The van der Waals surface area contributed by atoms with E-state index in [-0.39, 0.29) is 18.4 Å². The highest BCUT2D eigenvalue weighted by Crippen LogP contribution is 2.23. The molecular weight excluding hydrogens is 356 g/mol. The first-order chi connectivity index (χ1) is 10.1. The van der Waals surface area contributed by atoms with Crippen molar-refractivity contribution in [2.75, 3.05) is 5.32 Å². The zero-order valence-corrected chi connectivity index (χ0v) is 13.4. The summed E-state index contributed by atoms with van der Waals surface area (Å²) >= 11 is 4.68. The minimum Gasteiger partial charge on any atom is -0.352 e. The maximum atomic E-state index is 12.0. The molecule has 21 heavy (non-hydrogen) atoms. The summed E-state index contributed by atoms with van der Waals surface area (Å²) in [6.45, 7) is 0.164. The Balaban J connectivity index is 1.56. The van der Waals surface area contributed by atoms with E-state index in [1.54, 1.807) is 12.3 Å². The summed E-state index contributed by atoms with van der Waals surface area (Å²) in [5.74, 6) is -0.242. The Morgan fingerprint density at radius 2 is 2.24 bits per heavy atom. The Hall–Kier alpha value is -1.67. The van der Waals surface area contributed by atoms with Gasteiger partial charge in [0.05, 0.1) is 20.5 Å². The number of hydrogen-bond donors (Lipinski definition) is 2. The fraction of sp³-hybridized carbons (Fsp3) is 0.308. The third-order valence-corrected chi connectivity index (χ3v) is 4.56. The molecule has 1 saturated carbocycles. The molecule has 0 aromatic carbocycles. The highest BCUT2D eigenvalue weighted by Gasteiger charge is 2.23. The molecule has 2 amide bonds. The number of anilines is 1. The predicted molar refractivity (Wildman–Crippen MR) is 83.4 cm³/mol. The van der Waals surface area contributed by atoms with E-state index in [1.807, 2.05) is 6.07 Å². The molecule has 1 aliphatic carbocycles. The lowest BCUT2D eigenvalue weighted by Gasteiger charge is -2.02. The normalized spacial score (nSPS) is 14.0. The summed E-state index contributed by atoms with van der Waals surface area (Å²) in [5, 5.41) is 9.72. The SMILES string of the molecule is O=C(Cn1cc(NC(=O)c2ccc(Br)s2)cn1)NC1CC1. The molecule has 2 heterocycles. The quantitative estimate of drug-likeness (QED) is 0.849. The first kappa shape index (κ1) is 14.3. The Bertz CT molecular complexity index is 677. The van der Waals surface area contributed by atoms with Crippen LogP contribution in [0.4, 0.5) is 5.69 Å². The van der Waals surface area contributed by atoms with Gasteiger partial charge in [-0.1, -0.05) is 0 Å². The molecule has 2 aromatic rings. The zero-order chi connectivity index (χ0) is 14.8. The number of hydrogen-bond acceptors (Lipinski definition) is 4. The molecule has 0 saturated heterocycles. The number of aromatic nitrogens is 2. The second-order valence-corrected chi connectivity index (χ2v) is 7.29. The Morgan fingerprint density at radius 1 is 1.43 bits per heavy atom. The van der Waals surface area contributed by atoms with Crippen LogP contribution in [0.15, 0.2) is 28.3 Å². The van der Waals surface area contributed by atoms with E-state index in [1.165, 1.54) is 22.2 Å². The average Bonchev–Trinajstić information content (AvgIpc) is 2.95. The number of rotatable bonds is 5. The Kier molecular flexibility index (Phi) is 4.07. The monoisotopic (exact) mass is 368 g/mol. The second kappa shape index (κ2) is 5.98. The van der Waals surface area contributed by atoms with Crippen molar-refractivity contribution < 1.29 is 9.59 Å². The molecule has 6 nitrogen and oxygen atoms in total. The van der Waals surface area contributed by atoms with Crippen LogP contribution in [0.5, 0.6) is 0 Å². The van der Waals surface area contributed by atoms with Gasteiger partial charge in [-0.3, -0.25) is 14.3 Å². The number of carbonyl (C=O) groups excluding carboxylic acids is 2. The van der Waals surface area contributed by atoms with Gasteiger partial charge in [0.25, 0.3) is 5.91 Å². The number of thiophene rings is 1. The number of nitrogens with zero attached hydrogens (tertiary/aromatic N) is 2. The molecule has 0 bridgehead atoms. The van der Waals surface area contributed by atoms with Crippen LogP contribution in [0.1, 0.15) is 22.5 Å². The molecule has 2 N–H and O–H groups in total. The van der Waals surface area contributed by atoms with Gasteiger partial charge in [-0.2, -0.15) is 5.10 Å². The van der Waals surface area contributed by atoms with E-state index in [9.17, 15) is 9.59 Å². The molecule has 2 aromatic heterocycles. The van der Waals surface area contributed by atoms with Crippen LogP contribution < -0.4 is 10.6 Å². The van der Waals surface area contributed by atoms with Crippen LogP contribution in [-0.2, 0) is 11.3 Å². The van der Waals surface area contributed by atoms with E-state index >= 15 is 0 Å². The van der Waals surface area contributed by atoms with E-state index in [4.69, 9.17) is 0 Å². The topological polar surface area (TPSA) is 76.0 Å². The minimum absolute atomic E-state index is 0.0549. The smallest absolute Gasteiger partial charge is 0.265 e. The fourth-order valence-corrected chi connectivity index (χ4v) is 3.07. The third-order valence-electron chi connectivity index (χ3n) is 2.94. The van der Waals surface area contributed by atoms with Crippen molar-refractivity contribution in [2.24, 2.45) is 0 Å². The fourth-order valence-electron chi connectivity index (χ4n) is 1.79. The molecule has 1 aliphatic rings. The first-order valence-corrected chi connectivity index (χ1v) is 8.09. The van der Waals surface area contributed by atoms with Crippen LogP contribution in [0.3, 0.4) is 0 Å². The van der Waals surface area contributed by atoms with E-state index in [0.29, 0.717) is 16.6 Å². The van der Waals surface area contributed by atoms with Crippen molar-refractivity contribution >= 4 is 44.8 Å². The maximum absolute atomic E-state index is 12.0. The van der Waals surface area contributed by atoms with Gasteiger partial charge >= 0.3 is 0 Å². The van der Waals surface area contributed by atoms with E-state index < -0.39 is 0 Å². The van der Waals surface area contributed by atoms with Crippen LogP contribution in [0.25, 0.3) is 0 Å². The van der Waals surface area contributed by atoms with E-state index in [0.717, 1.165) is 16.6 Å². The number of amides is 2. The highest BCUT2D eigenvalue weighted by molar-refractivity contribution is 9.11. The standard InChI is InChI=1S/C13H13BrN4O2S/c14-11-4-3-10(21-11)13(20)17-9-5-15-18(6-9)7-12(19)16-8-1-2-8/h3-6,8H,1-2,7H2,(H,16,19)(H,17,20). The summed E-state index contributed by atoms with van der Waals surface area (Å²) in [4.78, 5) is 24.2. The second-order valence-electron chi connectivity index (χ2n) is 4.83. The van der Waals surface area contributed by atoms with Crippen molar-refractivity contribution in [3.05, 3.63) is 33.2 Å². The molecule has 0 unspecified atom stereocenters. The van der Waals surface area contributed by atoms with Crippen molar-refractivity contribution in [1.29, 1.82) is 0 Å². The molecule has 8 heteroatoms. The number of halogens is 1. The van der Waals surface area contributed by atoms with Gasteiger partial charge in [-0.05, 0) is 40.9 Å². The van der Waals surface area contributed by atoms with Crippen LogP contribution >= 0.6 is 27.3 Å². The molecule has 0 atom stereocenters. The van der Waals surface area contributed by atoms with Crippen LogP contribution in [-0.4, -0.2) is 27.6 Å². The van der Waals surface area contributed by atoms with Gasteiger partial charge in [0.2, 0.25) is 5.91 Å². The van der Waals surface area contributed by atoms with Crippen LogP contribution in [0.2, 0.25) is 0 Å². The van der Waals surface area contributed by atoms with Gasteiger partial charge < -0.3 is 10.6 Å². The predicted octanol–water partition coefficient (Wildman–Crippen LogP) is 2.24. The van der Waals surface area contributed by atoms with Gasteiger partial charge in [-0.25, -0.2) is 0 Å². The molecule has 0 aliphatic heterocycles. The van der Waals surface area contributed by atoms with Crippen molar-refractivity contribution in [3.8, 4) is 0 Å². The summed E-state index contributed by atoms with van der Waals surface area (Å²) in [6, 6.07) is 3.91. The van der Waals surface area contributed by atoms with Gasteiger partial charge in [0.15, 0.2) is 0 Å². The lowest BCUT2D eigenvalue weighted by Crippen LogP contribution is -2.29. The summed E-state index contributed by atoms with van der Waals surface area (Å²) < 4.78 is 2.41. The molecule has 110 valence electrons. The van der Waals surface area contributed by atoms with Crippen molar-refractivity contribution in [3.63, 3.8) is 0 Å². The number of nitrogens with one attached hydrogen (secondary N) is 2. The average molecular weight is 369 g/mol. The van der Waals surface area contributed by atoms with Gasteiger partial charge in [0, 0.05) is 12.2 Å². The Morgan fingerprint density at radius 3 is 2.90 bits per heavy atom. The summed E-state index contributed by atoms with van der Waals surface area (Å²) in [7, 11) is 0. The highest BCUT2D eigenvalue weighted by atomic mass is 79.9. The molecule has 0 spiro atoms. The minimum atomic E-state index is -0.187. The first-order valence-electron chi connectivity index (χ1n) is 6.48. The molecular formula is C13H13BrN4O2S. The van der Waals surface area contributed by atoms with Gasteiger partial charge in [0.1, 0.15) is 6.54 Å². The number of carbonyl (C=O) groups is 2. The van der Waals surface area contributed by atoms with Crippen molar-refractivity contribution in [1.82, 2.24) is 15.1 Å². The lowest BCUT2D eigenvalue weighted by molar-refractivity contribution is -0.122.